The standard InChI is InChI=1S/C14H21BrO2/c1-12(2)7-13(3,4)9-14(16,8-12)11-10(15)5-6-17-11/h5-6,16H,7-9H2,1-4H3. The lowest BCUT2D eigenvalue weighted by Crippen LogP contribution is -2.44. The van der Waals surface area contributed by atoms with E-state index in [-0.39, 0.29) is 10.8 Å². The quantitative estimate of drug-likeness (QED) is 0.830. The van der Waals surface area contributed by atoms with E-state index in [4.69, 9.17) is 4.42 Å². The van der Waals surface area contributed by atoms with Gasteiger partial charge in [0.2, 0.25) is 0 Å². The van der Waals surface area contributed by atoms with E-state index in [9.17, 15) is 5.11 Å². The first-order valence-electron chi connectivity index (χ1n) is 6.10. The van der Waals surface area contributed by atoms with Crippen LogP contribution in [0.4, 0.5) is 0 Å². The van der Waals surface area contributed by atoms with Crippen LogP contribution in [-0.4, -0.2) is 5.11 Å². The third kappa shape index (κ3) is 2.60. The zero-order valence-electron chi connectivity index (χ0n) is 11.0. The summed E-state index contributed by atoms with van der Waals surface area (Å²) in [5, 5.41) is 11.0. The van der Waals surface area contributed by atoms with E-state index < -0.39 is 5.60 Å². The van der Waals surface area contributed by atoms with Gasteiger partial charge >= 0.3 is 0 Å². The van der Waals surface area contributed by atoms with E-state index in [1.807, 2.05) is 6.07 Å². The molecular weight excluding hydrogens is 280 g/mol. The largest absolute Gasteiger partial charge is 0.465 e. The molecule has 2 nitrogen and oxygen atoms in total. The maximum Gasteiger partial charge on any atom is 0.149 e. The van der Waals surface area contributed by atoms with Gasteiger partial charge in [-0.2, -0.15) is 0 Å². The molecule has 1 fully saturated rings. The van der Waals surface area contributed by atoms with Gasteiger partial charge in [-0.1, -0.05) is 27.7 Å². The second-order valence-electron chi connectivity index (χ2n) is 6.99. The molecule has 1 aromatic rings. The smallest absolute Gasteiger partial charge is 0.149 e. The van der Waals surface area contributed by atoms with Crippen molar-refractivity contribution in [2.24, 2.45) is 10.8 Å². The van der Waals surface area contributed by atoms with Crippen molar-refractivity contribution in [1.82, 2.24) is 0 Å². The summed E-state index contributed by atoms with van der Waals surface area (Å²) in [7, 11) is 0. The van der Waals surface area contributed by atoms with Crippen molar-refractivity contribution in [3.8, 4) is 0 Å². The lowest BCUT2D eigenvalue weighted by Gasteiger charge is -2.48. The summed E-state index contributed by atoms with van der Waals surface area (Å²) < 4.78 is 6.37. The van der Waals surface area contributed by atoms with Gasteiger partial charge in [0, 0.05) is 0 Å². The number of halogens is 1. The molecule has 0 aliphatic heterocycles. The Bertz CT molecular complexity index is 402. The molecule has 1 N–H and O–H groups in total. The molecule has 96 valence electrons. The summed E-state index contributed by atoms with van der Waals surface area (Å²) in [6.07, 6.45) is 4.25. The maximum atomic E-state index is 11.0. The summed E-state index contributed by atoms with van der Waals surface area (Å²) in [5.41, 5.74) is -0.598. The molecule has 1 heterocycles. The molecule has 3 heteroatoms. The molecular formula is C14H21BrO2. The first-order chi connectivity index (χ1) is 7.64. The fraction of sp³-hybridized carbons (Fsp3) is 0.714. The normalized spacial score (nSPS) is 25.8. The van der Waals surface area contributed by atoms with Gasteiger partial charge in [-0.15, -0.1) is 0 Å². The molecule has 1 saturated carbocycles. The van der Waals surface area contributed by atoms with Gasteiger partial charge in [-0.25, -0.2) is 0 Å². The predicted molar refractivity (Wildman–Crippen MR) is 71.7 cm³/mol. The number of rotatable bonds is 1. The first-order valence-corrected chi connectivity index (χ1v) is 6.89. The molecule has 0 radical (unpaired) electrons. The average Bonchev–Trinajstić information content (AvgIpc) is 2.44. The van der Waals surface area contributed by atoms with Crippen molar-refractivity contribution < 1.29 is 9.52 Å². The Hall–Kier alpha value is -0.280. The van der Waals surface area contributed by atoms with Gasteiger partial charge < -0.3 is 9.52 Å². The number of hydrogen-bond acceptors (Lipinski definition) is 2. The predicted octanol–water partition coefficient (Wildman–Crippen LogP) is 4.47. The molecule has 0 amide bonds. The summed E-state index contributed by atoms with van der Waals surface area (Å²) in [4.78, 5) is 0. The summed E-state index contributed by atoms with van der Waals surface area (Å²) in [6.45, 7) is 8.87. The molecule has 0 spiro atoms. The molecule has 0 unspecified atom stereocenters. The Balaban J connectivity index is 2.41. The Kier molecular flexibility index (Phi) is 2.98. The van der Waals surface area contributed by atoms with E-state index in [0.29, 0.717) is 5.76 Å². The molecule has 17 heavy (non-hydrogen) atoms. The fourth-order valence-corrected chi connectivity index (χ4v) is 4.42. The van der Waals surface area contributed by atoms with Gasteiger partial charge in [0.15, 0.2) is 0 Å². The van der Waals surface area contributed by atoms with Crippen molar-refractivity contribution >= 4 is 15.9 Å². The minimum absolute atomic E-state index is 0.128. The monoisotopic (exact) mass is 300 g/mol. The molecule has 2 rings (SSSR count). The Morgan fingerprint density at radius 1 is 1.12 bits per heavy atom. The van der Waals surface area contributed by atoms with E-state index in [0.717, 1.165) is 23.7 Å². The SMILES string of the molecule is CC1(C)CC(C)(C)CC(O)(c2occc2Br)C1. The lowest BCUT2D eigenvalue weighted by atomic mass is 9.59. The number of furan rings is 1. The van der Waals surface area contributed by atoms with Crippen LogP contribution >= 0.6 is 15.9 Å². The Labute approximate surface area is 112 Å². The first kappa shape index (κ1) is 13.2. The molecule has 1 aliphatic rings. The van der Waals surface area contributed by atoms with Gasteiger partial charge in [-0.05, 0) is 52.1 Å². The molecule has 0 atom stereocenters. The van der Waals surface area contributed by atoms with Crippen LogP contribution in [0.2, 0.25) is 0 Å². The van der Waals surface area contributed by atoms with Gasteiger partial charge in [0.05, 0.1) is 10.7 Å². The van der Waals surface area contributed by atoms with Crippen molar-refractivity contribution in [1.29, 1.82) is 0 Å². The van der Waals surface area contributed by atoms with E-state index in [1.54, 1.807) is 6.26 Å². The second kappa shape index (κ2) is 3.86. The van der Waals surface area contributed by atoms with Crippen molar-refractivity contribution in [2.75, 3.05) is 0 Å². The van der Waals surface area contributed by atoms with Gasteiger partial charge in [-0.3, -0.25) is 0 Å². The molecule has 0 saturated heterocycles. The minimum Gasteiger partial charge on any atom is -0.465 e. The van der Waals surface area contributed by atoms with Crippen LogP contribution in [0.5, 0.6) is 0 Å². The van der Waals surface area contributed by atoms with Crippen LogP contribution in [0.1, 0.15) is 52.7 Å². The lowest BCUT2D eigenvalue weighted by molar-refractivity contribution is -0.104. The van der Waals surface area contributed by atoms with E-state index in [2.05, 4.69) is 43.6 Å². The van der Waals surface area contributed by atoms with Crippen LogP contribution < -0.4 is 0 Å². The second-order valence-corrected chi connectivity index (χ2v) is 7.84. The topological polar surface area (TPSA) is 33.4 Å². The van der Waals surface area contributed by atoms with Crippen molar-refractivity contribution in [3.63, 3.8) is 0 Å². The maximum absolute atomic E-state index is 11.0. The zero-order valence-corrected chi connectivity index (χ0v) is 12.6. The van der Waals surface area contributed by atoms with E-state index in [1.165, 1.54) is 0 Å². The summed E-state index contributed by atoms with van der Waals surface area (Å²) >= 11 is 3.46. The van der Waals surface area contributed by atoms with Crippen LogP contribution in [0.15, 0.2) is 21.2 Å². The highest BCUT2D eigenvalue weighted by Gasteiger charge is 2.49. The van der Waals surface area contributed by atoms with Crippen LogP contribution in [0.3, 0.4) is 0 Å². The highest BCUT2D eigenvalue weighted by Crippen LogP contribution is 2.54. The Morgan fingerprint density at radius 3 is 2.06 bits per heavy atom. The number of aliphatic hydroxyl groups is 1. The Morgan fingerprint density at radius 2 is 1.65 bits per heavy atom. The molecule has 0 aromatic carbocycles. The van der Waals surface area contributed by atoms with Crippen molar-refractivity contribution in [3.05, 3.63) is 22.6 Å². The van der Waals surface area contributed by atoms with E-state index >= 15 is 0 Å². The third-order valence-electron chi connectivity index (χ3n) is 3.54. The molecule has 1 aromatic heterocycles. The number of hydrogen-bond donors (Lipinski definition) is 1. The fourth-order valence-electron chi connectivity index (χ4n) is 3.85. The summed E-state index contributed by atoms with van der Waals surface area (Å²) in [5.74, 6) is 0.679. The van der Waals surface area contributed by atoms with Crippen LogP contribution in [0, 0.1) is 10.8 Å². The van der Waals surface area contributed by atoms with Gasteiger partial charge in [0.25, 0.3) is 0 Å². The summed E-state index contributed by atoms with van der Waals surface area (Å²) in [6, 6.07) is 1.85. The highest BCUT2D eigenvalue weighted by molar-refractivity contribution is 9.10. The minimum atomic E-state index is -0.854. The van der Waals surface area contributed by atoms with Crippen LogP contribution in [-0.2, 0) is 5.60 Å². The highest BCUT2D eigenvalue weighted by atomic mass is 79.9. The van der Waals surface area contributed by atoms with Crippen molar-refractivity contribution in [2.45, 2.75) is 52.6 Å². The van der Waals surface area contributed by atoms with Crippen LogP contribution in [0.25, 0.3) is 0 Å². The molecule has 0 bridgehead atoms. The third-order valence-corrected chi connectivity index (χ3v) is 4.16. The average molecular weight is 301 g/mol. The van der Waals surface area contributed by atoms with Gasteiger partial charge in [0.1, 0.15) is 11.4 Å². The zero-order chi connectivity index (χ0) is 12.9. The molecule has 1 aliphatic carbocycles.